The van der Waals surface area contributed by atoms with Gasteiger partial charge >= 0.3 is 0 Å². The standard InChI is InChI=1S/C8H10N2O2/c1-11-6-3-4-7(10-9)8(5-6)12-2/h3-5,9H,1-2H3. The number of methoxy groups -OCH3 is 2. The summed E-state index contributed by atoms with van der Waals surface area (Å²) in [5.41, 5.74) is 7.32. The van der Waals surface area contributed by atoms with Crippen LogP contribution in [0.5, 0.6) is 11.5 Å². The predicted molar refractivity (Wildman–Crippen MR) is 44.4 cm³/mol. The molecule has 0 aliphatic heterocycles. The summed E-state index contributed by atoms with van der Waals surface area (Å²) in [7, 11) is 3.11. The molecule has 0 spiro atoms. The highest BCUT2D eigenvalue weighted by molar-refractivity contribution is 5.54. The summed E-state index contributed by atoms with van der Waals surface area (Å²) in [5.74, 6) is 1.24. The van der Waals surface area contributed by atoms with Crippen LogP contribution in [0.4, 0.5) is 5.69 Å². The van der Waals surface area contributed by atoms with Gasteiger partial charge in [-0.25, -0.2) is 5.53 Å². The summed E-state index contributed by atoms with van der Waals surface area (Å²) >= 11 is 0. The first-order chi connectivity index (χ1) is 5.81. The van der Waals surface area contributed by atoms with E-state index in [9.17, 15) is 0 Å². The molecule has 0 heterocycles. The Balaban J connectivity index is 3.10. The maximum Gasteiger partial charge on any atom is 0.150 e. The Labute approximate surface area is 70.6 Å². The molecule has 1 N–H and O–H groups in total. The molecule has 0 fully saturated rings. The highest BCUT2D eigenvalue weighted by Gasteiger charge is 2.02. The van der Waals surface area contributed by atoms with E-state index < -0.39 is 0 Å². The molecular weight excluding hydrogens is 156 g/mol. The fraction of sp³-hybridized carbons (Fsp3) is 0.250. The van der Waals surface area contributed by atoms with E-state index in [2.05, 4.69) is 5.11 Å². The van der Waals surface area contributed by atoms with E-state index in [0.717, 1.165) is 0 Å². The monoisotopic (exact) mass is 166 g/mol. The van der Waals surface area contributed by atoms with Gasteiger partial charge in [0.2, 0.25) is 0 Å². The number of nitrogens with one attached hydrogen (secondary N) is 1. The van der Waals surface area contributed by atoms with Crippen LogP contribution in [0.25, 0.3) is 0 Å². The van der Waals surface area contributed by atoms with E-state index in [0.29, 0.717) is 17.2 Å². The van der Waals surface area contributed by atoms with Gasteiger partial charge in [-0.2, -0.15) is 5.11 Å². The summed E-state index contributed by atoms with van der Waals surface area (Å²) in [6, 6.07) is 5.09. The number of hydrogen-bond acceptors (Lipinski definition) is 4. The van der Waals surface area contributed by atoms with Crippen LogP contribution < -0.4 is 9.47 Å². The van der Waals surface area contributed by atoms with Crippen LogP contribution in [-0.4, -0.2) is 14.2 Å². The molecule has 0 amide bonds. The quantitative estimate of drug-likeness (QED) is 0.701. The lowest BCUT2D eigenvalue weighted by atomic mass is 10.3. The van der Waals surface area contributed by atoms with Gasteiger partial charge < -0.3 is 9.47 Å². The van der Waals surface area contributed by atoms with Crippen LogP contribution in [0.2, 0.25) is 0 Å². The van der Waals surface area contributed by atoms with E-state index in [1.165, 1.54) is 7.11 Å². The Morgan fingerprint density at radius 2 is 2.00 bits per heavy atom. The first kappa shape index (κ1) is 8.52. The Bertz CT molecular complexity index is 286. The van der Waals surface area contributed by atoms with Crippen LogP contribution in [0.15, 0.2) is 23.3 Å². The van der Waals surface area contributed by atoms with E-state index >= 15 is 0 Å². The third-order valence-corrected chi connectivity index (χ3v) is 1.51. The highest BCUT2D eigenvalue weighted by Crippen LogP contribution is 2.30. The van der Waals surface area contributed by atoms with Crippen molar-refractivity contribution in [3.8, 4) is 11.5 Å². The average molecular weight is 166 g/mol. The molecule has 0 radical (unpaired) electrons. The molecule has 1 aromatic carbocycles. The topological polar surface area (TPSA) is 54.7 Å². The first-order valence-corrected chi connectivity index (χ1v) is 3.41. The molecule has 12 heavy (non-hydrogen) atoms. The molecule has 0 aromatic heterocycles. The van der Waals surface area contributed by atoms with E-state index in [-0.39, 0.29) is 0 Å². The van der Waals surface area contributed by atoms with Gasteiger partial charge in [0.25, 0.3) is 0 Å². The molecule has 0 saturated carbocycles. The molecular formula is C8H10N2O2. The van der Waals surface area contributed by atoms with Crippen LogP contribution in [-0.2, 0) is 0 Å². The Morgan fingerprint density at radius 3 is 2.50 bits per heavy atom. The van der Waals surface area contributed by atoms with Gasteiger partial charge in [-0.3, -0.25) is 0 Å². The molecule has 0 atom stereocenters. The second-order valence-electron chi connectivity index (χ2n) is 2.15. The lowest BCUT2D eigenvalue weighted by Gasteiger charge is -2.04. The van der Waals surface area contributed by atoms with Gasteiger partial charge in [-0.05, 0) is 12.1 Å². The Kier molecular flexibility index (Phi) is 2.63. The molecule has 1 rings (SSSR count). The minimum atomic E-state index is 0.498. The zero-order chi connectivity index (χ0) is 8.97. The van der Waals surface area contributed by atoms with E-state index in [4.69, 9.17) is 15.0 Å². The molecule has 0 bridgehead atoms. The lowest BCUT2D eigenvalue weighted by molar-refractivity contribution is 0.395. The SMILES string of the molecule is COc1ccc(N=N)c(OC)c1. The minimum Gasteiger partial charge on any atom is -0.497 e. The highest BCUT2D eigenvalue weighted by atomic mass is 16.5. The van der Waals surface area contributed by atoms with Gasteiger partial charge in [-0.1, -0.05) is 0 Å². The second kappa shape index (κ2) is 3.71. The van der Waals surface area contributed by atoms with Crippen molar-refractivity contribution < 1.29 is 9.47 Å². The third kappa shape index (κ3) is 1.53. The smallest absolute Gasteiger partial charge is 0.150 e. The molecule has 0 aliphatic rings. The molecule has 1 aromatic rings. The first-order valence-electron chi connectivity index (χ1n) is 3.41. The van der Waals surface area contributed by atoms with Crippen LogP contribution in [0, 0.1) is 5.53 Å². The fourth-order valence-corrected chi connectivity index (χ4v) is 0.877. The third-order valence-electron chi connectivity index (χ3n) is 1.51. The Hall–Kier alpha value is -1.58. The van der Waals surface area contributed by atoms with E-state index in [1.807, 2.05) is 0 Å². The zero-order valence-electron chi connectivity index (χ0n) is 7.00. The van der Waals surface area contributed by atoms with Crippen molar-refractivity contribution in [3.05, 3.63) is 18.2 Å². The summed E-state index contributed by atoms with van der Waals surface area (Å²) in [5, 5.41) is 3.29. The fourth-order valence-electron chi connectivity index (χ4n) is 0.877. The van der Waals surface area contributed by atoms with Crippen LogP contribution in [0.1, 0.15) is 0 Å². The van der Waals surface area contributed by atoms with Crippen molar-refractivity contribution in [1.29, 1.82) is 5.53 Å². The van der Waals surface area contributed by atoms with Gasteiger partial charge in [0.05, 0.1) is 14.2 Å². The van der Waals surface area contributed by atoms with Crippen molar-refractivity contribution in [3.63, 3.8) is 0 Å². The van der Waals surface area contributed by atoms with Gasteiger partial charge in [0.15, 0.2) is 0 Å². The molecule has 4 heteroatoms. The number of nitrogens with zero attached hydrogens (tertiary/aromatic N) is 1. The van der Waals surface area contributed by atoms with Crippen molar-refractivity contribution in [2.75, 3.05) is 14.2 Å². The van der Waals surface area contributed by atoms with Crippen molar-refractivity contribution >= 4 is 5.69 Å². The molecule has 0 saturated heterocycles. The summed E-state index contributed by atoms with van der Waals surface area (Å²) < 4.78 is 9.96. The van der Waals surface area contributed by atoms with Crippen molar-refractivity contribution in [1.82, 2.24) is 0 Å². The lowest BCUT2D eigenvalue weighted by Crippen LogP contribution is -1.86. The summed E-state index contributed by atoms with van der Waals surface area (Å²) in [6.07, 6.45) is 0. The number of rotatable bonds is 3. The number of ether oxygens (including phenoxy) is 2. The minimum absolute atomic E-state index is 0.498. The number of benzene rings is 1. The predicted octanol–water partition coefficient (Wildman–Crippen LogP) is 2.37. The molecule has 64 valence electrons. The Morgan fingerprint density at radius 1 is 1.25 bits per heavy atom. The maximum absolute atomic E-state index is 6.82. The maximum atomic E-state index is 6.82. The van der Waals surface area contributed by atoms with Gasteiger partial charge in [-0.15, -0.1) is 0 Å². The number of hydrogen-bond donors (Lipinski definition) is 1. The molecule has 4 nitrogen and oxygen atoms in total. The van der Waals surface area contributed by atoms with Crippen LogP contribution >= 0.6 is 0 Å². The van der Waals surface area contributed by atoms with Crippen molar-refractivity contribution in [2.45, 2.75) is 0 Å². The van der Waals surface area contributed by atoms with Gasteiger partial charge in [0.1, 0.15) is 17.2 Å². The van der Waals surface area contributed by atoms with Crippen molar-refractivity contribution in [2.24, 2.45) is 5.11 Å². The second-order valence-corrected chi connectivity index (χ2v) is 2.15. The molecule has 0 unspecified atom stereocenters. The normalized spacial score (nSPS) is 9.17. The van der Waals surface area contributed by atoms with Crippen LogP contribution in [0.3, 0.4) is 0 Å². The van der Waals surface area contributed by atoms with E-state index in [1.54, 1.807) is 25.3 Å². The summed E-state index contributed by atoms with van der Waals surface area (Å²) in [6.45, 7) is 0. The van der Waals surface area contributed by atoms with Gasteiger partial charge in [0, 0.05) is 6.07 Å². The largest absolute Gasteiger partial charge is 0.497 e. The summed E-state index contributed by atoms with van der Waals surface area (Å²) in [4.78, 5) is 0. The zero-order valence-corrected chi connectivity index (χ0v) is 7.00. The average Bonchev–Trinajstić information content (AvgIpc) is 2.16. The molecule has 0 aliphatic carbocycles.